The summed E-state index contributed by atoms with van der Waals surface area (Å²) in [6.07, 6.45) is -0.304. The second-order valence-electron chi connectivity index (χ2n) is 10.2. The molecule has 5 rings (SSSR count). The van der Waals surface area contributed by atoms with Gasteiger partial charge in [-0.1, -0.05) is 0 Å². The fourth-order valence-electron chi connectivity index (χ4n) is 5.31. The van der Waals surface area contributed by atoms with E-state index in [1.54, 1.807) is 13.8 Å². The Kier molecular flexibility index (Phi) is 6.18. The molecule has 0 bridgehead atoms. The Labute approximate surface area is 200 Å². The molecular weight excluding hydrogens is 470 g/mol. The second kappa shape index (κ2) is 8.53. The Morgan fingerprint density at radius 3 is 2.53 bits per heavy atom. The summed E-state index contributed by atoms with van der Waals surface area (Å²) in [5.74, 6) is -3.51. The van der Waals surface area contributed by atoms with Crippen LogP contribution in [0.15, 0.2) is 11.5 Å². The molecule has 4 atom stereocenters. The first-order valence-corrected chi connectivity index (χ1v) is 13.2. The molecular formula is C21H35N3O9S. The molecule has 5 saturated heterocycles. The number of hydrogen-bond donors (Lipinski definition) is 1. The number of fused-ring (bicyclic) bond motifs is 3. The second-order valence-corrected chi connectivity index (χ2v) is 11.4. The van der Waals surface area contributed by atoms with E-state index in [9.17, 15) is 8.42 Å². The van der Waals surface area contributed by atoms with Gasteiger partial charge in [-0.25, -0.2) is 8.42 Å². The van der Waals surface area contributed by atoms with E-state index in [1.165, 1.54) is 0 Å². The number of morpholine rings is 1. The number of nitrogens with one attached hydrogen (secondary N) is 1. The van der Waals surface area contributed by atoms with Gasteiger partial charge in [-0.3, -0.25) is 0 Å². The maximum absolute atomic E-state index is 13.2. The van der Waals surface area contributed by atoms with Crippen LogP contribution in [0.2, 0.25) is 0 Å². The van der Waals surface area contributed by atoms with Gasteiger partial charge in [0.2, 0.25) is 0 Å². The van der Waals surface area contributed by atoms with Crippen molar-refractivity contribution in [3.8, 4) is 0 Å². The summed E-state index contributed by atoms with van der Waals surface area (Å²) in [5.41, 5.74) is 0.679. The Balaban J connectivity index is 1.53. The zero-order valence-corrected chi connectivity index (χ0v) is 21.2. The van der Waals surface area contributed by atoms with Crippen molar-refractivity contribution in [3.63, 3.8) is 0 Å². The van der Waals surface area contributed by atoms with Crippen LogP contribution in [-0.2, 0) is 42.9 Å². The number of allylic oxidation sites excluding steroid dienone is 1. The molecule has 34 heavy (non-hydrogen) atoms. The molecule has 5 aliphatic rings. The third-order valence-electron chi connectivity index (χ3n) is 6.61. The molecule has 5 fully saturated rings. The molecule has 0 amide bonds. The molecule has 0 aromatic rings. The van der Waals surface area contributed by atoms with Crippen LogP contribution in [0.3, 0.4) is 0 Å². The Bertz CT molecular complexity index is 934. The fraction of sp³-hybridized carbons (Fsp3) is 0.905. The van der Waals surface area contributed by atoms with Crippen molar-refractivity contribution in [2.24, 2.45) is 0 Å². The minimum atomic E-state index is -4.36. The minimum Gasteiger partial charge on any atom is -0.389 e. The van der Waals surface area contributed by atoms with Gasteiger partial charge in [0.15, 0.2) is 23.4 Å². The largest absolute Gasteiger partial charge is 0.389 e. The summed E-state index contributed by atoms with van der Waals surface area (Å²) in [4.78, 5) is 5.92. The van der Waals surface area contributed by atoms with Crippen molar-refractivity contribution < 1.29 is 46.0 Å². The van der Waals surface area contributed by atoms with Crippen molar-refractivity contribution in [3.05, 3.63) is 16.3 Å². The summed E-state index contributed by atoms with van der Waals surface area (Å²) in [6.45, 7) is 9.77. The summed E-state index contributed by atoms with van der Waals surface area (Å²) in [5, 5.41) is 0.521. The zero-order valence-electron chi connectivity index (χ0n) is 20.4. The van der Waals surface area contributed by atoms with Gasteiger partial charge in [-0.05, 0) is 40.5 Å². The number of rotatable bonds is 5. The highest BCUT2D eigenvalue weighted by Crippen LogP contribution is 2.52. The number of hydrogen-bond acceptors (Lipinski definition) is 10. The lowest BCUT2D eigenvalue weighted by Gasteiger charge is -2.43. The van der Waals surface area contributed by atoms with Gasteiger partial charge in [0.1, 0.15) is 12.2 Å². The summed E-state index contributed by atoms with van der Waals surface area (Å²) < 4.78 is 68.6. The monoisotopic (exact) mass is 505 g/mol. The quantitative estimate of drug-likeness (QED) is 0.503. The normalized spacial score (nSPS) is 39.1. The van der Waals surface area contributed by atoms with E-state index in [0.717, 1.165) is 13.0 Å². The lowest BCUT2D eigenvalue weighted by atomic mass is 9.94. The van der Waals surface area contributed by atoms with Crippen molar-refractivity contribution in [2.75, 3.05) is 46.5 Å². The van der Waals surface area contributed by atoms with Crippen molar-refractivity contribution in [2.45, 2.75) is 76.2 Å². The van der Waals surface area contributed by atoms with Crippen LogP contribution in [0.5, 0.6) is 0 Å². The van der Waals surface area contributed by atoms with E-state index in [2.05, 4.69) is 4.83 Å². The van der Waals surface area contributed by atoms with E-state index < -0.39 is 46.0 Å². The highest BCUT2D eigenvalue weighted by atomic mass is 32.2. The van der Waals surface area contributed by atoms with Gasteiger partial charge >= 0.3 is 0 Å². The smallest absolute Gasteiger partial charge is 0.275 e. The van der Waals surface area contributed by atoms with Crippen LogP contribution in [0, 0.1) is 0 Å². The van der Waals surface area contributed by atoms with Crippen molar-refractivity contribution >= 4 is 10.3 Å². The van der Waals surface area contributed by atoms with Gasteiger partial charge < -0.3 is 47.3 Å². The number of likely N-dealkylation sites (tertiary alicyclic amines) is 1. The lowest BCUT2D eigenvalue weighted by molar-refractivity contribution is -0.863. The van der Waals surface area contributed by atoms with Crippen LogP contribution in [0.25, 0.3) is 4.83 Å². The molecule has 0 aromatic carbocycles. The van der Waals surface area contributed by atoms with Crippen LogP contribution >= 0.6 is 0 Å². The standard InChI is InChI=1S/C21H35N3O9S/c1-19(2)29-15-13-28-21(18(16(15)30-19)31-20(3,4)33-21)17(14-7-6-8-23(14)5)32-34(25,26)22-24-9-11-27-12-10-24/h15-16,18,24H,6-13H2,1-5H3/t15-,16-,18+,21+/m1/s1. The van der Waals surface area contributed by atoms with Crippen LogP contribution in [0.1, 0.15) is 40.5 Å². The van der Waals surface area contributed by atoms with Crippen LogP contribution in [0.4, 0.5) is 0 Å². The predicted molar refractivity (Wildman–Crippen MR) is 116 cm³/mol. The molecule has 0 saturated carbocycles. The highest BCUT2D eigenvalue weighted by Gasteiger charge is 2.69. The molecule has 0 unspecified atom stereocenters. The fourth-order valence-corrected chi connectivity index (χ4v) is 6.26. The van der Waals surface area contributed by atoms with Crippen molar-refractivity contribution in [1.82, 2.24) is 4.90 Å². The van der Waals surface area contributed by atoms with E-state index in [4.69, 9.17) is 32.6 Å². The van der Waals surface area contributed by atoms with Gasteiger partial charge in [-0.2, -0.15) is 0 Å². The zero-order chi connectivity index (χ0) is 24.4. The molecule has 13 heteroatoms. The third kappa shape index (κ3) is 4.58. The molecule has 0 aliphatic carbocycles. The first-order valence-electron chi connectivity index (χ1n) is 11.8. The van der Waals surface area contributed by atoms with Gasteiger partial charge in [0.05, 0.1) is 38.6 Å². The molecule has 0 radical (unpaired) electrons. The first-order chi connectivity index (χ1) is 15.9. The van der Waals surface area contributed by atoms with Crippen molar-refractivity contribution in [1.29, 1.82) is 0 Å². The average Bonchev–Trinajstić information content (AvgIpc) is 3.38. The molecule has 12 nitrogen and oxygen atoms in total. The van der Waals surface area contributed by atoms with E-state index in [-0.39, 0.29) is 12.4 Å². The Hall–Kier alpha value is -1.03. The van der Waals surface area contributed by atoms with Gasteiger partial charge in [-0.15, -0.1) is 0 Å². The summed E-state index contributed by atoms with van der Waals surface area (Å²) in [7, 11) is -2.47. The highest BCUT2D eigenvalue weighted by molar-refractivity contribution is 7.89. The Morgan fingerprint density at radius 1 is 1.12 bits per heavy atom. The SMILES string of the molecule is CN1CCCC1=C(OS(=O)(=O)[N-][NH+]1CCOCC1)[C@@]12OC[C@H]3OC(C)(C)O[C@H]3[C@@H]1OC(C)(C)O2. The van der Waals surface area contributed by atoms with Crippen LogP contribution < -0.4 is 5.01 Å². The molecule has 0 spiro atoms. The van der Waals surface area contributed by atoms with Crippen LogP contribution in [-0.4, -0.2) is 95.5 Å². The third-order valence-corrected chi connectivity index (χ3v) is 7.47. The maximum Gasteiger partial charge on any atom is 0.275 e. The number of quaternary nitrogens is 1. The summed E-state index contributed by atoms with van der Waals surface area (Å²) in [6, 6.07) is 0. The predicted octanol–water partition coefficient (Wildman–Crippen LogP) is -0.213. The molecule has 5 aliphatic heterocycles. The van der Waals surface area contributed by atoms with E-state index >= 15 is 0 Å². The molecule has 194 valence electrons. The molecule has 0 aromatic heterocycles. The van der Waals surface area contributed by atoms with Gasteiger partial charge in [0, 0.05) is 13.6 Å². The van der Waals surface area contributed by atoms with Gasteiger partial charge in [0.25, 0.3) is 16.1 Å². The number of nitrogens with zero attached hydrogens (tertiary/aromatic N) is 2. The molecule has 5 heterocycles. The average molecular weight is 506 g/mol. The minimum absolute atomic E-state index is 0.0474. The summed E-state index contributed by atoms with van der Waals surface area (Å²) >= 11 is 0. The molecule has 1 N–H and O–H groups in total. The Morgan fingerprint density at radius 2 is 1.85 bits per heavy atom. The van der Waals surface area contributed by atoms with E-state index in [0.29, 0.717) is 43.4 Å². The number of ether oxygens (including phenoxy) is 6. The topological polar surface area (TPSA) is 121 Å². The first kappa shape index (κ1) is 24.7. The lowest BCUT2D eigenvalue weighted by Crippen LogP contribution is -3.10. The maximum atomic E-state index is 13.2. The van der Waals surface area contributed by atoms with E-state index in [1.807, 2.05) is 25.8 Å².